The highest BCUT2D eigenvalue weighted by Crippen LogP contribution is 2.72. The lowest BCUT2D eigenvalue weighted by Gasteiger charge is -2.15. The molecule has 0 aromatic carbocycles. The van der Waals surface area contributed by atoms with Gasteiger partial charge in [0.2, 0.25) is 0 Å². The molecule has 3 fully saturated rings. The van der Waals surface area contributed by atoms with E-state index in [1.54, 1.807) is 0 Å². The van der Waals surface area contributed by atoms with Gasteiger partial charge in [0.1, 0.15) is 0 Å². The molecule has 3 aliphatic rings. The molecule has 0 amide bonds. The standard InChI is InChI=1S/C15H19NO/c1-8-4-11(7-16-6-8)15(17)14-12-9-2-3-10(5-9)13(12)14/h4,6-7,9-10,12-15,17H,2-3,5H2,1H3. The van der Waals surface area contributed by atoms with Crippen LogP contribution in [0, 0.1) is 36.5 Å². The molecule has 1 N–H and O–H groups in total. The van der Waals surface area contributed by atoms with E-state index in [2.05, 4.69) is 11.1 Å². The van der Waals surface area contributed by atoms with Crippen molar-refractivity contribution in [3.63, 3.8) is 0 Å². The summed E-state index contributed by atoms with van der Waals surface area (Å²) in [5, 5.41) is 10.5. The van der Waals surface area contributed by atoms with E-state index in [0.29, 0.717) is 5.92 Å². The van der Waals surface area contributed by atoms with Gasteiger partial charge in [0.15, 0.2) is 0 Å². The van der Waals surface area contributed by atoms with Crippen molar-refractivity contribution < 1.29 is 5.11 Å². The fourth-order valence-corrected chi connectivity index (χ4v) is 4.78. The number of aliphatic hydroxyl groups excluding tert-OH is 1. The average molecular weight is 229 g/mol. The van der Waals surface area contributed by atoms with Gasteiger partial charge in [-0.3, -0.25) is 4.98 Å². The minimum Gasteiger partial charge on any atom is -0.388 e. The molecule has 4 rings (SSSR count). The number of hydrogen-bond acceptors (Lipinski definition) is 2. The van der Waals surface area contributed by atoms with Crippen molar-refractivity contribution in [3.05, 3.63) is 29.6 Å². The van der Waals surface area contributed by atoms with E-state index in [1.807, 2.05) is 19.3 Å². The number of pyridine rings is 1. The second-order valence-electron chi connectivity index (χ2n) is 6.31. The molecule has 2 nitrogen and oxygen atoms in total. The summed E-state index contributed by atoms with van der Waals surface area (Å²) in [7, 11) is 0. The van der Waals surface area contributed by atoms with Crippen molar-refractivity contribution in [1.29, 1.82) is 0 Å². The van der Waals surface area contributed by atoms with Crippen LogP contribution in [-0.2, 0) is 0 Å². The summed E-state index contributed by atoms with van der Waals surface area (Å²) >= 11 is 0. The van der Waals surface area contributed by atoms with Crippen LogP contribution < -0.4 is 0 Å². The van der Waals surface area contributed by atoms with Gasteiger partial charge in [-0.25, -0.2) is 0 Å². The van der Waals surface area contributed by atoms with Crippen molar-refractivity contribution in [2.24, 2.45) is 29.6 Å². The highest BCUT2D eigenvalue weighted by molar-refractivity contribution is 5.24. The van der Waals surface area contributed by atoms with Crippen molar-refractivity contribution >= 4 is 0 Å². The maximum absolute atomic E-state index is 10.5. The van der Waals surface area contributed by atoms with Gasteiger partial charge in [0.25, 0.3) is 0 Å². The summed E-state index contributed by atoms with van der Waals surface area (Å²) < 4.78 is 0. The van der Waals surface area contributed by atoms with Crippen LogP contribution in [0.1, 0.15) is 36.5 Å². The first-order chi connectivity index (χ1) is 8.25. The lowest BCUT2D eigenvalue weighted by atomic mass is 9.95. The molecule has 17 heavy (non-hydrogen) atoms. The van der Waals surface area contributed by atoms with Gasteiger partial charge in [-0.15, -0.1) is 0 Å². The van der Waals surface area contributed by atoms with E-state index in [9.17, 15) is 5.11 Å². The summed E-state index contributed by atoms with van der Waals surface area (Å²) in [4.78, 5) is 4.20. The van der Waals surface area contributed by atoms with Crippen molar-refractivity contribution in [1.82, 2.24) is 4.98 Å². The predicted octanol–water partition coefficient (Wildman–Crippen LogP) is 2.72. The van der Waals surface area contributed by atoms with Gasteiger partial charge in [-0.05, 0) is 66.9 Å². The number of rotatable bonds is 2. The van der Waals surface area contributed by atoms with Gasteiger partial charge in [0, 0.05) is 12.4 Å². The Morgan fingerprint density at radius 2 is 1.94 bits per heavy atom. The molecule has 5 atom stereocenters. The highest BCUT2D eigenvalue weighted by Gasteiger charge is 2.66. The van der Waals surface area contributed by atoms with Crippen LogP contribution in [0.25, 0.3) is 0 Å². The predicted molar refractivity (Wildman–Crippen MR) is 65.2 cm³/mol. The van der Waals surface area contributed by atoms with E-state index >= 15 is 0 Å². The SMILES string of the molecule is Cc1cncc(C(O)C2C3C4CCC(C4)C32)c1. The van der Waals surface area contributed by atoms with Gasteiger partial charge < -0.3 is 5.11 Å². The Morgan fingerprint density at radius 3 is 2.59 bits per heavy atom. The largest absolute Gasteiger partial charge is 0.388 e. The Balaban J connectivity index is 1.58. The minimum absolute atomic E-state index is 0.263. The lowest BCUT2D eigenvalue weighted by molar-refractivity contribution is 0.129. The monoisotopic (exact) mass is 229 g/mol. The quantitative estimate of drug-likeness (QED) is 0.846. The zero-order valence-corrected chi connectivity index (χ0v) is 10.2. The fourth-order valence-electron chi connectivity index (χ4n) is 4.78. The zero-order chi connectivity index (χ0) is 11.6. The van der Waals surface area contributed by atoms with Gasteiger partial charge in [-0.1, -0.05) is 6.07 Å². The molecule has 3 aliphatic carbocycles. The molecule has 1 aromatic heterocycles. The first kappa shape index (κ1) is 10.1. The molecular formula is C15H19NO. The van der Waals surface area contributed by atoms with Crippen LogP contribution in [0.2, 0.25) is 0 Å². The summed E-state index contributed by atoms with van der Waals surface area (Å²) in [5.74, 6) is 4.09. The van der Waals surface area contributed by atoms with Gasteiger partial charge in [0.05, 0.1) is 6.10 Å². The number of aliphatic hydroxyl groups is 1. The molecule has 0 spiro atoms. The number of aromatic nitrogens is 1. The Morgan fingerprint density at radius 1 is 1.24 bits per heavy atom. The van der Waals surface area contributed by atoms with E-state index in [1.165, 1.54) is 19.3 Å². The molecule has 2 heteroatoms. The topological polar surface area (TPSA) is 33.1 Å². The van der Waals surface area contributed by atoms with Crippen molar-refractivity contribution in [3.8, 4) is 0 Å². The van der Waals surface area contributed by atoms with Crippen LogP contribution >= 0.6 is 0 Å². The molecule has 0 saturated heterocycles. The molecule has 1 heterocycles. The Labute approximate surface area is 102 Å². The molecule has 0 radical (unpaired) electrons. The van der Waals surface area contributed by atoms with Gasteiger partial charge >= 0.3 is 0 Å². The number of aryl methyl sites for hydroxylation is 1. The van der Waals surface area contributed by atoms with E-state index in [4.69, 9.17) is 0 Å². The van der Waals surface area contributed by atoms with Gasteiger partial charge in [-0.2, -0.15) is 0 Å². The smallest absolute Gasteiger partial charge is 0.0838 e. The Bertz CT molecular complexity index is 442. The maximum atomic E-state index is 10.5. The van der Waals surface area contributed by atoms with Crippen LogP contribution in [0.15, 0.2) is 18.5 Å². The highest BCUT2D eigenvalue weighted by atomic mass is 16.3. The Hall–Kier alpha value is -0.890. The average Bonchev–Trinajstić information content (AvgIpc) is 2.76. The summed E-state index contributed by atoms with van der Waals surface area (Å²) in [6, 6.07) is 2.09. The molecule has 90 valence electrons. The Kier molecular flexibility index (Phi) is 1.97. The number of fused-ring (bicyclic) bond motifs is 5. The maximum Gasteiger partial charge on any atom is 0.0838 e. The number of nitrogens with zero attached hydrogens (tertiary/aromatic N) is 1. The molecule has 5 unspecified atom stereocenters. The zero-order valence-electron chi connectivity index (χ0n) is 10.2. The second-order valence-corrected chi connectivity index (χ2v) is 6.31. The van der Waals surface area contributed by atoms with E-state index in [-0.39, 0.29) is 6.10 Å². The van der Waals surface area contributed by atoms with Crippen molar-refractivity contribution in [2.75, 3.05) is 0 Å². The molecule has 3 saturated carbocycles. The molecule has 2 bridgehead atoms. The third kappa shape index (κ3) is 1.33. The number of hydrogen-bond donors (Lipinski definition) is 1. The lowest BCUT2D eigenvalue weighted by Crippen LogP contribution is -2.08. The summed E-state index contributed by atoms with van der Waals surface area (Å²) in [6.45, 7) is 2.04. The van der Waals surface area contributed by atoms with Crippen LogP contribution in [-0.4, -0.2) is 10.1 Å². The van der Waals surface area contributed by atoms with E-state index < -0.39 is 0 Å². The normalized spacial score (nSPS) is 43.5. The summed E-state index contributed by atoms with van der Waals surface area (Å²) in [5.41, 5.74) is 2.18. The van der Waals surface area contributed by atoms with Crippen LogP contribution in [0.4, 0.5) is 0 Å². The first-order valence-electron chi connectivity index (χ1n) is 6.85. The second kappa shape index (κ2) is 3.32. The van der Waals surface area contributed by atoms with Crippen LogP contribution in [0.3, 0.4) is 0 Å². The van der Waals surface area contributed by atoms with E-state index in [0.717, 1.165) is 34.8 Å². The molecular weight excluding hydrogens is 210 g/mol. The fraction of sp³-hybridized carbons (Fsp3) is 0.667. The minimum atomic E-state index is -0.263. The first-order valence-corrected chi connectivity index (χ1v) is 6.85. The van der Waals surface area contributed by atoms with Crippen LogP contribution in [0.5, 0.6) is 0 Å². The molecule has 0 aliphatic heterocycles. The third-order valence-electron chi connectivity index (χ3n) is 5.40. The third-order valence-corrected chi connectivity index (χ3v) is 5.40. The summed E-state index contributed by atoms with van der Waals surface area (Å²) in [6.07, 6.45) is 7.72. The molecule has 1 aromatic rings. The van der Waals surface area contributed by atoms with Crippen molar-refractivity contribution in [2.45, 2.75) is 32.3 Å².